The van der Waals surface area contributed by atoms with E-state index in [1.54, 1.807) is 0 Å². The van der Waals surface area contributed by atoms with Gasteiger partial charge < -0.3 is 4.98 Å². The Balaban J connectivity index is 0.926. The molecule has 5 nitrogen and oxygen atoms in total. The average Bonchev–Trinajstić information content (AvgIpc) is 3.78. The summed E-state index contributed by atoms with van der Waals surface area (Å²) < 4.78 is 0. The minimum absolute atomic E-state index is 0.862. The number of aromatic amines is 1. The molecule has 61 heavy (non-hydrogen) atoms. The van der Waals surface area contributed by atoms with E-state index in [9.17, 15) is 0 Å². The van der Waals surface area contributed by atoms with Gasteiger partial charge >= 0.3 is 0 Å². The van der Waals surface area contributed by atoms with E-state index in [-0.39, 0.29) is 0 Å². The summed E-state index contributed by atoms with van der Waals surface area (Å²) in [4.78, 5) is 23.6. The van der Waals surface area contributed by atoms with Crippen molar-refractivity contribution in [2.75, 3.05) is 0 Å². The molecule has 0 aliphatic heterocycles. The Bertz CT molecular complexity index is 3850. The smallest absolute Gasteiger partial charge is 0.138 e. The molecule has 0 bridgehead atoms. The Morgan fingerprint density at radius 3 is 1.80 bits per heavy atom. The Morgan fingerprint density at radius 1 is 0.361 bits per heavy atom. The van der Waals surface area contributed by atoms with Crippen LogP contribution in [0.2, 0.25) is 0 Å². The van der Waals surface area contributed by atoms with E-state index in [1.165, 1.54) is 49.0 Å². The lowest BCUT2D eigenvalue weighted by atomic mass is 9.87. The van der Waals surface area contributed by atoms with E-state index in [2.05, 4.69) is 156 Å². The largest absolute Gasteiger partial charge is 0.338 e. The van der Waals surface area contributed by atoms with Crippen LogP contribution in [0, 0.1) is 0 Å². The van der Waals surface area contributed by atoms with E-state index >= 15 is 0 Å². The van der Waals surface area contributed by atoms with E-state index in [1.807, 2.05) is 48.7 Å². The number of rotatable bonds is 5. The fraction of sp³-hybridized carbons (Fsp3) is 0. The molecule has 0 unspecified atom stereocenters. The van der Waals surface area contributed by atoms with Crippen LogP contribution in [0.15, 0.2) is 194 Å². The van der Waals surface area contributed by atoms with Gasteiger partial charge in [0.05, 0.1) is 39.1 Å². The minimum atomic E-state index is 0.862. The fourth-order valence-electron chi connectivity index (χ4n) is 9.52. The molecule has 4 heterocycles. The zero-order valence-electron chi connectivity index (χ0n) is 32.8. The van der Waals surface area contributed by atoms with Gasteiger partial charge in [0.2, 0.25) is 0 Å². The monoisotopic (exact) mass is 775 g/mol. The molecule has 0 spiro atoms. The number of fused-ring (bicyclic) bond motifs is 6. The molecule has 5 heteroatoms. The molecule has 0 saturated carbocycles. The molecule has 0 aliphatic carbocycles. The van der Waals surface area contributed by atoms with Crippen molar-refractivity contribution in [1.82, 2.24) is 24.9 Å². The molecule has 0 radical (unpaired) electrons. The fourth-order valence-corrected chi connectivity index (χ4v) is 9.52. The first kappa shape index (κ1) is 33.7. The van der Waals surface area contributed by atoms with Crippen LogP contribution in [0.4, 0.5) is 0 Å². The van der Waals surface area contributed by atoms with Gasteiger partial charge in [-0.1, -0.05) is 146 Å². The second kappa shape index (κ2) is 13.1. The molecule has 9 aromatic carbocycles. The number of para-hydroxylation sites is 1. The maximum absolute atomic E-state index is 5.28. The lowest BCUT2D eigenvalue weighted by Crippen LogP contribution is -1.92. The zero-order valence-corrected chi connectivity index (χ0v) is 32.8. The van der Waals surface area contributed by atoms with Gasteiger partial charge in [0, 0.05) is 38.9 Å². The molecule has 13 aromatic rings. The van der Waals surface area contributed by atoms with Gasteiger partial charge in [-0.15, -0.1) is 0 Å². The molecule has 282 valence electrons. The van der Waals surface area contributed by atoms with Crippen molar-refractivity contribution >= 4 is 75.9 Å². The first-order valence-corrected chi connectivity index (χ1v) is 20.6. The predicted molar refractivity (Wildman–Crippen MR) is 253 cm³/mol. The van der Waals surface area contributed by atoms with Crippen molar-refractivity contribution in [3.63, 3.8) is 0 Å². The van der Waals surface area contributed by atoms with E-state index in [4.69, 9.17) is 15.0 Å². The first-order valence-electron chi connectivity index (χ1n) is 20.6. The van der Waals surface area contributed by atoms with Gasteiger partial charge in [-0.2, -0.15) is 0 Å². The third kappa shape index (κ3) is 5.27. The molecular weight excluding hydrogens is 743 g/mol. The number of pyridine rings is 3. The van der Waals surface area contributed by atoms with Crippen LogP contribution in [0.25, 0.3) is 132 Å². The summed E-state index contributed by atoms with van der Waals surface area (Å²) in [6, 6.07) is 66.9. The summed E-state index contributed by atoms with van der Waals surface area (Å²) in [7, 11) is 0. The van der Waals surface area contributed by atoms with E-state index in [0.717, 1.165) is 83.2 Å². The van der Waals surface area contributed by atoms with Gasteiger partial charge in [-0.3, -0.25) is 4.98 Å². The lowest BCUT2D eigenvalue weighted by Gasteiger charge is -2.17. The third-order valence-electron chi connectivity index (χ3n) is 12.4. The molecule has 1 N–H and O–H groups in total. The molecule has 0 aliphatic rings. The van der Waals surface area contributed by atoms with Crippen LogP contribution in [0.5, 0.6) is 0 Å². The number of H-pyrrole nitrogens is 1. The highest BCUT2D eigenvalue weighted by atomic mass is 14.9. The molecule has 0 saturated heterocycles. The van der Waals surface area contributed by atoms with Gasteiger partial charge in [0.1, 0.15) is 5.82 Å². The number of hydrogen-bond donors (Lipinski definition) is 1. The predicted octanol–water partition coefficient (Wildman–Crippen LogP) is 14.4. The highest BCUT2D eigenvalue weighted by Gasteiger charge is 2.18. The number of aromatic nitrogens is 5. The second-order valence-electron chi connectivity index (χ2n) is 15.9. The SMILES string of the molecule is c1ccc(-c2nc3c(ccc4c(-c5ccc(-c6ccc7ccc8c(-c9ccc%10ccc(-c%11ccccn%11)nc%10c9)ccc9ccc6c7c98)cc5)nc5ccccc5c43)[nH]2)cc1. The molecule has 13 rings (SSSR count). The number of imidazole rings is 1. The van der Waals surface area contributed by atoms with Crippen LogP contribution < -0.4 is 0 Å². The summed E-state index contributed by atoms with van der Waals surface area (Å²) in [6.07, 6.45) is 1.81. The van der Waals surface area contributed by atoms with Crippen LogP contribution in [-0.2, 0) is 0 Å². The average molecular weight is 776 g/mol. The van der Waals surface area contributed by atoms with E-state index < -0.39 is 0 Å². The first-order chi connectivity index (χ1) is 30.2. The van der Waals surface area contributed by atoms with Gasteiger partial charge in [0.25, 0.3) is 0 Å². The van der Waals surface area contributed by atoms with Crippen LogP contribution in [-0.4, -0.2) is 24.9 Å². The normalized spacial score (nSPS) is 11.9. The summed E-state index contributed by atoms with van der Waals surface area (Å²) in [5.41, 5.74) is 13.4. The third-order valence-corrected chi connectivity index (χ3v) is 12.4. The van der Waals surface area contributed by atoms with E-state index in [0.29, 0.717) is 0 Å². The molecule has 0 atom stereocenters. The summed E-state index contributed by atoms with van der Waals surface area (Å²) in [5.74, 6) is 0.862. The molecule has 0 amide bonds. The van der Waals surface area contributed by atoms with Crippen LogP contribution in [0.3, 0.4) is 0 Å². The lowest BCUT2D eigenvalue weighted by molar-refractivity contribution is 1.28. The highest BCUT2D eigenvalue weighted by Crippen LogP contribution is 2.44. The van der Waals surface area contributed by atoms with Crippen molar-refractivity contribution in [2.24, 2.45) is 0 Å². The van der Waals surface area contributed by atoms with Crippen molar-refractivity contribution in [1.29, 1.82) is 0 Å². The van der Waals surface area contributed by atoms with Crippen LogP contribution >= 0.6 is 0 Å². The maximum atomic E-state index is 5.28. The highest BCUT2D eigenvalue weighted by molar-refractivity contribution is 6.28. The zero-order chi connectivity index (χ0) is 40.0. The Hall–Kier alpha value is -8.28. The van der Waals surface area contributed by atoms with Crippen LogP contribution in [0.1, 0.15) is 0 Å². The quantitative estimate of drug-likeness (QED) is 0.177. The Kier molecular flexibility index (Phi) is 7.24. The standard InChI is InChI=1S/C56H33N5/c1-2-8-38(9-3-1)56-60-49-30-28-45-53(55(49)61-56)44-10-4-5-11-46(44)59-54(45)37-16-13-33(14-17-37)40-24-19-35-22-27-43-41(25-20-36-21-26-42(40)51(35)52(36)43)39-18-15-34-23-29-48(58-50(34)32-39)47-12-6-7-31-57-47/h1-32H,(H,60,61). The molecule has 0 fully saturated rings. The number of nitrogens with zero attached hydrogens (tertiary/aromatic N) is 4. The summed E-state index contributed by atoms with van der Waals surface area (Å²) in [6.45, 7) is 0. The van der Waals surface area contributed by atoms with Gasteiger partial charge in [-0.25, -0.2) is 15.0 Å². The molecule has 4 aromatic heterocycles. The summed E-state index contributed by atoms with van der Waals surface area (Å²) in [5, 5.41) is 11.9. The minimum Gasteiger partial charge on any atom is -0.338 e. The van der Waals surface area contributed by atoms with Crippen molar-refractivity contribution < 1.29 is 0 Å². The number of nitrogens with one attached hydrogen (secondary N) is 1. The van der Waals surface area contributed by atoms with Gasteiger partial charge in [0.15, 0.2) is 0 Å². The maximum Gasteiger partial charge on any atom is 0.138 e. The topological polar surface area (TPSA) is 67.3 Å². The summed E-state index contributed by atoms with van der Waals surface area (Å²) >= 11 is 0. The number of benzene rings is 9. The number of hydrogen-bond acceptors (Lipinski definition) is 4. The van der Waals surface area contributed by atoms with Gasteiger partial charge in [-0.05, 0) is 97.0 Å². The molecular formula is C56H33N5. The Morgan fingerprint density at radius 2 is 1.02 bits per heavy atom. The Labute approximate surface area is 350 Å². The van der Waals surface area contributed by atoms with Crippen molar-refractivity contribution in [3.05, 3.63) is 194 Å². The van der Waals surface area contributed by atoms with Crippen molar-refractivity contribution in [2.45, 2.75) is 0 Å². The second-order valence-corrected chi connectivity index (χ2v) is 15.9. The van der Waals surface area contributed by atoms with Crippen molar-refractivity contribution in [3.8, 4) is 56.3 Å².